The van der Waals surface area contributed by atoms with Gasteiger partial charge in [0.15, 0.2) is 0 Å². The number of carbonyl (C=O) groups is 2. The molecule has 0 radical (unpaired) electrons. The summed E-state index contributed by atoms with van der Waals surface area (Å²) in [5.74, 6) is -0.627. The molecule has 0 spiro atoms. The van der Waals surface area contributed by atoms with Crippen LogP contribution in [-0.2, 0) is 26.2 Å². The number of nitrogens with one attached hydrogen (secondary N) is 1. The smallest absolute Gasteiger partial charge is 0.264 e. The average Bonchev–Trinajstić information content (AvgIpc) is 2.93. The van der Waals surface area contributed by atoms with Crippen LogP contribution in [-0.4, -0.2) is 50.9 Å². The number of amides is 2. The van der Waals surface area contributed by atoms with Crippen molar-refractivity contribution in [3.8, 4) is 5.75 Å². The molecule has 2 amide bonds. The third kappa shape index (κ3) is 7.47. The van der Waals surface area contributed by atoms with E-state index in [2.05, 4.69) is 5.32 Å². The zero-order chi connectivity index (χ0) is 29.3. The van der Waals surface area contributed by atoms with Crippen LogP contribution in [0.4, 0.5) is 5.69 Å². The highest BCUT2D eigenvalue weighted by atomic mass is 35.5. The van der Waals surface area contributed by atoms with Gasteiger partial charge in [0, 0.05) is 23.1 Å². The van der Waals surface area contributed by atoms with Gasteiger partial charge >= 0.3 is 0 Å². The molecule has 0 saturated carbocycles. The van der Waals surface area contributed by atoms with Crippen LogP contribution in [0.5, 0.6) is 5.75 Å². The summed E-state index contributed by atoms with van der Waals surface area (Å²) in [5, 5.41) is 3.57. The number of anilines is 1. The van der Waals surface area contributed by atoms with Crippen LogP contribution in [0, 0.1) is 0 Å². The Morgan fingerprint density at radius 2 is 1.57 bits per heavy atom. The summed E-state index contributed by atoms with van der Waals surface area (Å²) in [6.45, 7) is 5.44. The predicted octanol–water partition coefficient (Wildman–Crippen LogP) is 5.53. The van der Waals surface area contributed by atoms with Crippen molar-refractivity contribution in [1.82, 2.24) is 10.2 Å². The number of hydrogen-bond donors (Lipinski definition) is 1. The number of rotatable bonds is 13. The minimum atomic E-state index is -4.26. The SMILES string of the molecule is CCNC(=O)[C@H](CC)N(Cc1ccccc1Cl)C(=O)CN(c1ccccc1OCC)S(=O)(=O)c1ccc(Cl)cc1. The molecular formula is C29H33Cl2N3O5S. The number of halogens is 2. The van der Waals surface area contributed by atoms with Crippen LogP contribution in [0.25, 0.3) is 0 Å². The largest absolute Gasteiger partial charge is 0.492 e. The zero-order valence-corrected chi connectivity index (χ0v) is 25.0. The number of likely N-dealkylation sites (N-methyl/N-ethyl adjacent to an activating group) is 1. The first-order chi connectivity index (χ1) is 19.1. The lowest BCUT2D eigenvalue weighted by molar-refractivity contribution is -0.140. The number of para-hydroxylation sites is 2. The highest BCUT2D eigenvalue weighted by Gasteiger charge is 2.34. The Balaban J connectivity index is 2.12. The Labute approximate surface area is 245 Å². The molecule has 1 atom stereocenters. The maximum absolute atomic E-state index is 14.1. The molecule has 0 heterocycles. The molecule has 0 fully saturated rings. The number of hydrogen-bond acceptors (Lipinski definition) is 5. The van der Waals surface area contributed by atoms with Gasteiger partial charge in [0.2, 0.25) is 11.8 Å². The Hall–Kier alpha value is -3.27. The topological polar surface area (TPSA) is 96.0 Å². The van der Waals surface area contributed by atoms with E-state index in [1.54, 1.807) is 69.3 Å². The fourth-order valence-electron chi connectivity index (χ4n) is 4.21. The van der Waals surface area contributed by atoms with Crippen molar-refractivity contribution >= 4 is 50.7 Å². The molecule has 0 aliphatic rings. The van der Waals surface area contributed by atoms with Gasteiger partial charge in [-0.05, 0) is 68.3 Å². The zero-order valence-electron chi connectivity index (χ0n) is 22.6. The monoisotopic (exact) mass is 605 g/mol. The van der Waals surface area contributed by atoms with Gasteiger partial charge in [-0.25, -0.2) is 8.42 Å². The summed E-state index contributed by atoms with van der Waals surface area (Å²) in [6.07, 6.45) is 0.307. The maximum Gasteiger partial charge on any atom is 0.264 e. The van der Waals surface area contributed by atoms with Crippen LogP contribution >= 0.6 is 23.2 Å². The van der Waals surface area contributed by atoms with Gasteiger partial charge in [-0.2, -0.15) is 0 Å². The van der Waals surface area contributed by atoms with Crippen LogP contribution in [0.3, 0.4) is 0 Å². The van der Waals surface area contributed by atoms with E-state index in [-0.39, 0.29) is 29.6 Å². The molecule has 0 bridgehead atoms. The number of nitrogens with zero attached hydrogens (tertiary/aromatic N) is 2. The van der Waals surface area contributed by atoms with Gasteiger partial charge in [0.05, 0.1) is 17.2 Å². The van der Waals surface area contributed by atoms with Gasteiger partial charge in [-0.3, -0.25) is 13.9 Å². The first-order valence-electron chi connectivity index (χ1n) is 12.9. The first kappa shape index (κ1) is 31.3. The Kier molecular flexibility index (Phi) is 11.2. The summed E-state index contributed by atoms with van der Waals surface area (Å²) in [7, 11) is -4.26. The minimum absolute atomic E-state index is 0.0100. The number of benzene rings is 3. The lowest BCUT2D eigenvalue weighted by Crippen LogP contribution is -2.52. The molecule has 40 heavy (non-hydrogen) atoms. The standard InChI is InChI=1S/C29H33Cl2N3O5S/c1-4-25(29(36)32-5-2)33(19-21-11-7-8-12-24(21)31)28(35)20-34(26-13-9-10-14-27(26)39-6-3)40(37,38)23-17-15-22(30)16-18-23/h7-18,25H,4-6,19-20H2,1-3H3,(H,32,36)/t25-/m0/s1. The quantitative estimate of drug-likeness (QED) is 0.276. The fraction of sp³-hybridized carbons (Fsp3) is 0.310. The van der Waals surface area contributed by atoms with Crippen molar-refractivity contribution < 1.29 is 22.7 Å². The fourth-order valence-corrected chi connectivity index (χ4v) is 5.96. The summed E-state index contributed by atoms with van der Waals surface area (Å²) in [5.41, 5.74) is 0.818. The molecule has 3 aromatic carbocycles. The summed E-state index contributed by atoms with van der Waals surface area (Å²) < 4.78 is 34.7. The van der Waals surface area contributed by atoms with Crippen molar-refractivity contribution in [1.29, 1.82) is 0 Å². The second kappa shape index (κ2) is 14.4. The number of ether oxygens (including phenoxy) is 1. The van der Waals surface area contributed by atoms with Gasteiger partial charge < -0.3 is 15.0 Å². The number of carbonyl (C=O) groups excluding carboxylic acids is 2. The summed E-state index contributed by atoms with van der Waals surface area (Å²) in [6, 6.07) is 18.4. The number of sulfonamides is 1. The molecule has 3 aromatic rings. The normalized spacial score (nSPS) is 11.9. The molecule has 0 aliphatic heterocycles. The summed E-state index contributed by atoms with van der Waals surface area (Å²) in [4.78, 5) is 28.4. The molecule has 0 saturated heterocycles. The van der Waals surface area contributed by atoms with Crippen molar-refractivity contribution in [2.24, 2.45) is 0 Å². The molecule has 0 aromatic heterocycles. The second-order valence-electron chi connectivity index (χ2n) is 8.80. The van der Waals surface area contributed by atoms with Crippen molar-refractivity contribution in [2.45, 2.75) is 44.7 Å². The van der Waals surface area contributed by atoms with Crippen molar-refractivity contribution in [3.05, 3.63) is 88.4 Å². The Morgan fingerprint density at radius 3 is 2.20 bits per heavy atom. The molecule has 214 valence electrons. The van der Waals surface area contributed by atoms with E-state index in [0.717, 1.165) is 4.31 Å². The molecular weight excluding hydrogens is 573 g/mol. The average molecular weight is 607 g/mol. The van der Waals surface area contributed by atoms with Crippen LogP contribution < -0.4 is 14.4 Å². The lowest BCUT2D eigenvalue weighted by atomic mass is 10.1. The first-order valence-corrected chi connectivity index (χ1v) is 15.1. The Morgan fingerprint density at radius 1 is 0.925 bits per heavy atom. The van der Waals surface area contributed by atoms with E-state index in [9.17, 15) is 18.0 Å². The van der Waals surface area contributed by atoms with Crippen molar-refractivity contribution in [2.75, 3.05) is 24.0 Å². The van der Waals surface area contributed by atoms with Crippen LogP contribution in [0.2, 0.25) is 10.0 Å². The second-order valence-corrected chi connectivity index (χ2v) is 11.5. The van der Waals surface area contributed by atoms with Gasteiger partial charge in [0.25, 0.3) is 10.0 Å². The van der Waals surface area contributed by atoms with E-state index < -0.39 is 28.5 Å². The lowest BCUT2D eigenvalue weighted by Gasteiger charge is -2.33. The third-order valence-electron chi connectivity index (χ3n) is 6.15. The van der Waals surface area contributed by atoms with Crippen LogP contribution in [0.1, 0.15) is 32.8 Å². The predicted molar refractivity (Wildman–Crippen MR) is 158 cm³/mol. The highest BCUT2D eigenvalue weighted by Crippen LogP contribution is 2.33. The van der Waals surface area contributed by atoms with E-state index in [0.29, 0.717) is 34.3 Å². The molecule has 0 unspecified atom stereocenters. The Bertz CT molecular complexity index is 1420. The van der Waals surface area contributed by atoms with E-state index in [4.69, 9.17) is 27.9 Å². The molecule has 0 aliphatic carbocycles. The van der Waals surface area contributed by atoms with Gasteiger partial charge in [-0.1, -0.05) is 60.5 Å². The minimum Gasteiger partial charge on any atom is -0.492 e. The van der Waals surface area contributed by atoms with Crippen LogP contribution in [0.15, 0.2) is 77.7 Å². The molecule has 11 heteroatoms. The van der Waals surface area contributed by atoms with Crippen molar-refractivity contribution in [3.63, 3.8) is 0 Å². The molecule has 1 N–H and O–H groups in total. The van der Waals surface area contributed by atoms with Gasteiger partial charge in [-0.15, -0.1) is 0 Å². The highest BCUT2D eigenvalue weighted by molar-refractivity contribution is 7.92. The van der Waals surface area contributed by atoms with E-state index in [1.165, 1.54) is 29.2 Å². The van der Waals surface area contributed by atoms with E-state index >= 15 is 0 Å². The molecule has 8 nitrogen and oxygen atoms in total. The maximum atomic E-state index is 14.1. The molecule has 3 rings (SSSR count). The third-order valence-corrected chi connectivity index (χ3v) is 8.54. The summed E-state index contributed by atoms with van der Waals surface area (Å²) >= 11 is 12.4. The van der Waals surface area contributed by atoms with Gasteiger partial charge in [0.1, 0.15) is 18.3 Å². The van der Waals surface area contributed by atoms with E-state index in [1.807, 2.05) is 0 Å².